The summed E-state index contributed by atoms with van der Waals surface area (Å²) in [6.07, 6.45) is 0. The van der Waals surface area contributed by atoms with Gasteiger partial charge >= 0.3 is 0 Å². The summed E-state index contributed by atoms with van der Waals surface area (Å²) in [5.74, 6) is 0. The van der Waals surface area contributed by atoms with Crippen molar-refractivity contribution >= 4 is 17.3 Å². The molecular weight excluding hydrogens is 106 g/mol. The van der Waals surface area contributed by atoms with E-state index in [1.807, 2.05) is 17.3 Å². The maximum atomic E-state index is 4.16. The fraction of sp³-hybridized carbons (Fsp3) is 0.800. The molecule has 1 aliphatic rings. The second-order valence-electron chi connectivity index (χ2n) is 1.84. The molecule has 1 rings (SSSR count). The summed E-state index contributed by atoms with van der Waals surface area (Å²) in [5.41, 5.74) is 1.94. The topological polar surface area (TPSA) is 12.4 Å². The quantitative estimate of drug-likeness (QED) is 0.466. The van der Waals surface area contributed by atoms with Crippen molar-refractivity contribution in [3.63, 3.8) is 0 Å². The Morgan fingerprint density at radius 3 is 2.43 bits per heavy atom. The van der Waals surface area contributed by atoms with Gasteiger partial charge in [0, 0.05) is 5.25 Å². The lowest BCUT2D eigenvalue weighted by atomic mass is 10.3. The van der Waals surface area contributed by atoms with Crippen LogP contribution in [0.25, 0.3) is 0 Å². The minimum absolute atomic E-state index is 0.546. The SMILES string of the molecule is C[C@@H]1SC=N[C@@H]1C. The molecule has 0 aliphatic carbocycles. The van der Waals surface area contributed by atoms with Gasteiger partial charge in [-0.1, -0.05) is 6.92 Å². The van der Waals surface area contributed by atoms with Gasteiger partial charge in [0.15, 0.2) is 0 Å². The maximum Gasteiger partial charge on any atom is 0.0597 e. The summed E-state index contributed by atoms with van der Waals surface area (Å²) in [6.45, 7) is 4.34. The molecule has 1 aliphatic heterocycles. The Hall–Kier alpha value is 0.0200. The molecule has 2 heteroatoms. The highest BCUT2D eigenvalue weighted by molar-refractivity contribution is 8.12. The van der Waals surface area contributed by atoms with Gasteiger partial charge in [0.05, 0.1) is 11.6 Å². The van der Waals surface area contributed by atoms with Gasteiger partial charge in [-0.3, -0.25) is 4.99 Å². The first-order chi connectivity index (χ1) is 3.30. The fourth-order valence-corrected chi connectivity index (χ4v) is 1.21. The van der Waals surface area contributed by atoms with Crippen LogP contribution in [0.3, 0.4) is 0 Å². The third kappa shape index (κ3) is 0.969. The van der Waals surface area contributed by atoms with Crippen LogP contribution in [0, 0.1) is 0 Å². The molecule has 0 spiro atoms. The number of hydrogen-bond acceptors (Lipinski definition) is 2. The highest BCUT2D eigenvalue weighted by atomic mass is 32.2. The van der Waals surface area contributed by atoms with Crippen molar-refractivity contribution in [2.75, 3.05) is 0 Å². The van der Waals surface area contributed by atoms with Crippen LogP contribution in [-0.4, -0.2) is 16.8 Å². The van der Waals surface area contributed by atoms with Crippen molar-refractivity contribution in [1.82, 2.24) is 0 Å². The summed E-state index contributed by atoms with van der Waals surface area (Å²) < 4.78 is 0. The van der Waals surface area contributed by atoms with Gasteiger partial charge in [-0.25, -0.2) is 0 Å². The smallest absolute Gasteiger partial charge is 0.0597 e. The molecule has 0 saturated heterocycles. The van der Waals surface area contributed by atoms with Crippen LogP contribution in [0.4, 0.5) is 0 Å². The zero-order valence-corrected chi connectivity index (χ0v) is 5.40. The average molecular weight is 115 g/mol. The van der Waals surface area contributed by atoms with Gasteiger partial charge in [0.25, 0.3) is 0 Å². The van der Waals surface area contributed by atoms with E-state index in [-0.39, 0.29) is 0 Å². The summed E-state index contributed by atoms with van der Waals surface area (Å²) in [4.78, 5) is 4.16. The second-order valence-corrected chi connectivity index (χ2v) is 3.06. The predicted octanol–water partition coefficient (Wildman–Crippen LogP) is 1.54. The van der Waals surface area contributed by atoms with E-state index in [4.69, 9.17) is 0 Å². The summed E-state index contributed by atoms with van der Waals surface area (Å²) >= 11 is 1.81. The second kappa shape index (κ2) is 1.86. The molecule has 0 aromatic rings. The molecule has 0 aromatic heterocycles. The van der Waals surface area contributed by atoms with Gasteiger partial charge in [0.2, 0.25) is 0 Å². The highest BCUT2D eigenvalue weighted by Crippen LogP contribution is 2.19. The highest BCUT2D eigenvalue weighted by Gasteiger charge is 2.13. The summed E-state index contributed by atoms with van der Waals surface area (Å²) in [7, 11) is 0. The molecule has 0 saturated carbocycles. The number of hydrogen-bond donors (Lipinski definition) is 0. The van der Waals surface area contributed by atoms with E-state index in [9.17, 15) is 0 Å². The zero-order valence-electron chi connectivity index (χ0n) is 4.59. The Bertz CT molecular complexity index is 90.1. The molecule has 1 heterocycles. The number of rotatable bonds is 0. The van der Waals surface area contributed by atoms with Crippen molar-refractivity contribution < 1.29 is 0 Å². The average Bonchev–Trinajstić information content (AvgIpc) is 1.91. The molecule has 7 heavy (non-hydrogen) atoms. The predicted molar refractivity (Wildman–Crippen MR) is 35.0 cm³/mol. The molecule has 0 fully saturated rings. The van der Waals surface area contributed by atoms with Gasteiger partial charge in [-0.15, -0.1) is 11.8 Å². The molecular formula is C5H9NS. The molecule has 0 N–H and O–H groups in total. The van der Waals surface area contributed by atoms with Crippen LogP contribution in [-0.2, 0) is 0 Å². The largest absolute Gasteiger partial charge is 0.282 e. The molecule has 1 nitrogen and oxygen atoms in total. The van der Waals surface area contributed by atoms with Crippen LogP contribution in [0.1, 0.15) is 13.8 Å². The Kier molecular flexibility index (Phi) is 1.38. The van der Waals surface area contributed by atoms with E-state index in [0.29, 0.717) is 11.3 Å². The Morgan fingerprint density at radius 2 is 2.29 bits per heavy atom. The zero-order chi connectivity index (χ0) is 5.28. The lowest BCUT2D eigenvalue weighted by Gasteiger charge is -2.02. The number of aliphatic imine (C=N–C) groups is 1. The number of thioether (sulfide) groups is 1. The molecule has 0 bridgehead atoms. The molecule has 0 unspecified atom stereocenters. The fourth-order valence-electron chi connectivity index (χ4n) is 0.462. The first-order valence-electron chi connectivity index (χ1n) is 2.48. The van der Waals surface area contributed by atoms with Gasteiger partial charge in [-0.2, -0.15) is 0 Å². The van der Waals surface area contributed by atoms with Gasteiger partial charge in [-0.05, 0) is 6.92 Å². The van der Waals surface area contributed by atoms with Crippen molar-refractivity contribution in [1.29, 1.82) is 0 Å². The summed E-state index contributed by atoms with van der Waals surface area (Å²) in [5, 5.41) is 0.708. The van der Waals surface area contributed by atoms with E-state index in [2.05, 4.69) is 18.8 Å². The first-order valence-corrected chi connectivity index (χ1v) is 3.42. The maximum absolute atomic E-state index is 4.16. The molecule has 40 valence electrons. The van der Waals surface area contributed by atoms with Gasteiger partial charge in [0.1, 0.15) is 0 Å². The van der Waals surface area contributed by atoms with E-state index >= 15 is 0 Å². The van der Waals surface area contributed by atoms with Crippen molar-refractivity contribution in [3.05, 3.63) is 0 Å². The first kappa shape index (κ1) is 5.16. The number of nitrogens with zero attached hydrogens (tertiary/aromatic N) is 1. The van der Waals surface area contributed by atoms with Crippen LogP contribution in [0.5, 0.6) is 0 Å². The lowest BCUT2D eigenvalue weighted by molar-refractivity contribution is 0.751. The standard InChI is InChI=1S/C5H9NS/c1-4-5(2)7-3-6-4/h3-5H,1-2H3/t4-,5+/m1/s1. The molecule has 2 atom stereocenters. The van der Waals surface area contributed by atoms with Gasteiger partial charge < -0.3 is 0 Å². The van der Waals surface area contributed by atoms with Crippen molar-refractivity contribution in [2.45, 2.75) is 25.1 Å². The third-order valence-electron chi connectivity index (χ3n) is 1.25. The molecule has 0 amide bonds. The van der Waals surface area contributed by atoms with E-state index < -0.39 is 0 Å². The van der Waals surface area contributed by atoms with E-state index in [0.717, 1.165) is 0 Å². The van der Waals surface area contributed by atoms with E-state index in [1.54, 1.807) is 0 Å². The van der Waals surface area contributed by atoms with Crippen LogP contribution >= 0.6 is 11.8 Å². The Morgan fingerprint density at radius 1 is 1.57 bits per heavy atom. The monoisotopic (exact) mass is 115 g/mol. The van der Waals surface area contributed by atoms with Crippen LogP contribution in [0.15, 0.2) is 4.99 Å². The lowest BCUT2D eigenvalue weighted by Crippen LogP contribution is -2.06. The van der Waals surface area contributed by atoms with Crippen molar-refractivity contribution in [2.24, 2.45) is 4.99 Å². The Balaban J connectivity index is 2.45. The molecule has 0 radical (unpaired) electrons. The normalized spacial score (nSPS) is 39.7. The van der Waals surface area contributed by atoms with Crippen LogP contribution < -0.4 is 0 Å². The molecule has 0 aromatic carbocycles. The Labute approximate surface area is 48.2 Å². The van der Waals surface area contributed by atoms with Crippen LogP contribution in [0.2, 0.25) is 0 Å². The van der Waals surface area contributed by atoms with E-state index in [1.165, 1.54) is 0 Å². The minimum atomic E-state index is 0.546. The van der Waals surface area contributed by atoms with Crippen molar-refractivity contribution in [3.8, 4) is 0 Å². The minimum Gasteiger partial charge on any atom is -0.282 e. The third-order valence-corrected chi connectivity index (χ3v) is 2.32. The summed E-state index contributed by atoms with van der Waals surface area (Å²) in [6, 6.07) is 0.546.